The van der Waals surface area contributed by atoms with Crippen LogP contribution in [0.15, 0.2) is 27.9 Å². The van der Waals surface area contributed by atoms with Crippen LogP contribution >= 0.6 is 34.7 Å². The Balaban J connectivity index is 1.65. The number of nitrogens with two attached hydrogens (primary N) is 1. The minimum Gasteiger partial charge on any atom is -0.476 e. The molecule has 3 N–H and O–H groups in total. The molecule has 1 unspecified atom stereocenters. The van der Waals surface area contributed by atoms with Crippen molar-refractivity contribution >= 4 is 46.6 Å². The molecule has 1 aromatic heterocycles. The highest BCUT2D eigenvalue weighted by Crippen LogP contribution is 2.33. The van der Waals surface area contributed by atoms with Crippen molar-refractivity contribution < 1.29 is 14.7 Å². The summed E-state index contributed by atoms with van der Waals surface area (Å²) in [6.45, 7) is 2.52. The van der Waals surface area contributed by atoms with Gasteiger partial charge in [0.1, 0.15) is 0 Å². The number of aromatic nitrogens is 1. The van der Waals surface area contributed by atoms with Gasteiger partial charge in [-0.1, -0.05) is 41.1 Å². The molecule has 144 valence electrons. The van der Waals surface area contributed by atoms with E-state index in [0.29, 0.717) is 34.5 Å². The maximum absolute atomic E-state index is 12.3. The molecule has 1 aliphatic rings. The van der Waals surface area contributed by atoms with Gasteiger partial charge >= 0.3 is 5.97 Å². The van der Waals surface area contributed by atoms with Crippen LogP contribution in [0.2, 0.25) is 5.02 Å². The number of rotatable bonds is 7. The zero-order valence-electron chi connectivity index (χ0n) is 14.7. The third-order valence-electron chi connectivity index (χ3n) is 4.56. The average Bonchev–Trinajstić information content (AvgIpc) is 3.24. The third kappa shape index (κ3) is 4.63. The van der Waals surface area contributed by atoms with Crippen molar-refractivity contribution in [2.75, 3.05) is 12.3 Å². The first-order valence-corrected chi connectivity index (χ1v) is 10.7. The molecule has 0 radical (unpaired) electrons. The van der Waals surface area contributed by atoms with Gasteiger partial charge in [0.15, 0.2) is 10.0 Å². The summed E-state index contributed by atoms with van der Waals surface area (Å²) >= 11 is 9.06. The number of aryl methyl sites for hydroxylation is 1. The van der Waals surface area contributed by atoms with Crippen molar-refractivity contribution in [2.45, 2.75) is 36.2 Å². The lowest BCUT2D eigenvalue weighted by Crippen LogP contribution is -2.41. The van der Waals surface area contributed by atoms with Gasteiger partial charge in [-0.3, -0.25) is 4.79 Å². The monoisotopic (exact) mass is 425 g/mol. The van der Waals surface area contributed by atoms with Crippen LogP contribution in [0.3, 0.4) is 0 Å². The molecule has 0 saturated carbocycles. The Morgan fingerprint density at radius 3 is 3.04 bits per heavy atom. The number of aromatic carboxylic acids is 1. The number of halogens is 1. The Kier molecular flexibility index (Phi) is 6.41. The number of hydrogen-bond donors (Lipinski definition) is 2. The Morgan fingerprint density at radius 2 is 2.33 bits per heavy atom. The van der Waals surface area contributed by atoms with E-state index >= 15 is 0 Å². The fraction of sp³-hybridized carbons (Fsp3) is 0.389. The number of hydrogen-bond acceptors (Lipinski definition) is 6. The smallest absolute Gasteiger partial charge is 0.355 e. The van der Waals surface area contributed by atoms with E-state index in [2.05, 4.69) is 4.98 Å². The summed E-state index contributed by atoms with van der Waals surface area (Å²) in [5, 5.41) is 11.1. The van der Waals surface area contributed by atoms with Gasteiger partial charge in [-0.25, -0.2) is 9.78 Å². The predicted molar refractivity (Wildman–Crippen MR) is 108 cm³/mol. The minimum atomic E-state index is -1.03. The van der Waals surface area contributed by atoms with E-state index in [1.165, 1.54) is 28.5 Å². The Hall–Kier alpha value is -1.61. The molecular weight excluding hydrogens is 406 g/mol. The van der Waals surface area contributed by atoms with Crippen LogP contribution in [-0.2, 0) is 4.79 Å². The van der Waals surface area contributed by atoms with Gasteiger partial charge in [0, 0.05) is 29.1 Å². The normalized spacial score (nSPS) is 18.1. The van der Waals surface area contributed by atoms with Crippen LogP contribution in [0.5, 0.6) is 0 Å². The highest BCUT2D eigenvalue weighted by Gasteiger charge is 2.36. The quantitative estimate of drug-likeness (QED) is 0.658. The Bertz CT molecular complexity index is 858. The number of carbonyl (C=O) groups is 2. The van der Waals surface area contributed by atoms with E-state index in [9.17, 15) is 9.59 Å². The van der Waals surface area contributed by atoms with Crippen LogP contribution in [0.25, 0.3) is 0 Å². The summed E-state index contributed by atoms with van der Waals surface area (Å²) in [5.41, 5.74) is 8.47. The number of amides is 1. The lowest BCUT2D eigenvalue weighted by Gasteiger charge is -2.30. The standard InChI is InChI=1S/C18H20ClN3O3S2/c1-10-2-3-12(19)11(8-10)16(20)14-4-5-15(23)22(14)6-7-26-18-21-13(9-27-18)17(24)25/h2-3,8-9,14,16H,4-7,20H2,1H3,(H,24,25)/t14-,16?/m1/s1. The first-order chi connectivity index (χ1) is 12.9. The maximum atomic E-state index is 12.3. The Morgan fingerprint density at radius 1 is 1.56 bits per heavy atom. The van der Waals surface area contributed by atoms with Crippen LogP contribution in [0.1, 0.15) is 40.5 Å². The van der Waals surface area contributed by atoms with Crippen molar-refractivity contribution in [1.29, 1.82) is 0 Å². The largest absolute Gasteiger partial charge is 0.476 e. The molecule has 1 fully saturated rings. The Labute approximate surface area is 170 Å². The number of thiazole rings is 1. The first kappa shape index (κ1) is 20.1. The minimum absolute atomic E-state index is 0.0498. The number of carbonyl (C=O) groups excluding carboxylic acids is 1. The molecule has 9 heteroatoms. The van der Waals surface area contributed by atoms with Gasteiger partial charge in [-0.2, -0.15) is 0 Å². The summed E-state index contributed by atoms with van der Waals surface area (Å²) in [4.78, 5) is 29.1. The number of carboxylic acids is 1. The second-order valence-corrected chi connectivity index (χ2v) is 9.00. The van der Waals surface area contributed by atoms with Gasteiger partial charge in [0.05, 0.1) is 12.1 Å². The van der Waals surface area contributed by atoms with Crippen molar-refractivity contribution in [3.05, 3.63) is 45.4 Å². The molecule has 1 aromatic carbocycles. The van der Waals surface area contributed by atoms with E-state index in [0.717, 1.165) is 11.1 Å². The van der Waals surface area contributed by atoms with Crippen molar-refractivity contribution in [3.63, 3.8) is 0 Å². The molecule has 0 aliphatic carbocycles. The van der Waals surface area contributed by atoms with Crippen LogP contribution in [0.4, 0.5) is 0 Å². The molecule has 0 spiro atoms. The summed E-state index contributed by atoms with van der Waals surface area (Å²) < 4.78 is 0.682. The molecule has 3 rings (SSSR count). The lowest BCUT2D eigenvalue weighted by molar-refractivity contribution is -0.128. The molecular formula is C18H20ClN3O3S2. The second-order valence-electron chi connectivity index (χ2n) is 6.40. The fourth-order valence-electron chi connectivity index (χ4n) is 3.20. The number of benzene rings is 1. The van der Waals surface area contributed by atoms with Crippen molar-refractivity contribution in [1.82, 2.24) is 9.88 Å². The average molecular weight is 426 g/mol. The number of likely N-dealkylation sites (tertiary alicyclic amines) is 1. The molecule has 2 aromatic rings. The van der Waals surface area contributed by atoms with Gasteiger partial charge in [0.25, 0.3) is 0 Å². The summed E-state index contributed by atoms with van der Waals surface area (Å²) in [6, 6.07) is 5.32. The van der Waals surface area contributed by atoms with E-state index in [-0.39, 0.29) is 23.7 Å². The van der Waals surface area contributed by atoms with Gasteiger partial charge in [-0.05, 0) is 25.0 Å². The SMILES string of the molecule is Cc1ccc(Cl)c(C(N)[C@H]2CCC(=O)N2CCSc2nc(C(=O)O)cs2)c1. The van der Waals surface area contributed by atoms with Gasteiger partial charge in [0.2, 0.25) is 5.91 Å². The summed E-state index contributed by atoms with van der Waals surface area (Å²) in [7, 11) is 0. The highest BCUT2D eigenvalue weighted by atomic mass is 35.5. The van der Waals surface area contributed by atoms with Gasteiger partial charge in [-0.15, -0.1) is 11.3 Å². The molecule has 1 amide bonds. The van der Waals surface area contributed by atoms with Crippen LogP contribution in [0, 0.1) is 6.92 Å². The molecule has 1 aliphatic heterocycles. The maximum Gasteiger partial charge on any atom is 0.355 e. The number of carboxylic acid groups (broad SMARTS) is 1. The molecule has 6 nitrogen and oxygen atoms in total. The molecule has 27 heavy (non-hydrogen) atoms. The summed E-state index contributed by atoms with van der Waals surface area (Å²) in [6.07, 6.45) is 1.18. The molecule has 2 heterocycles. The third-order valence-corrected chi connectivity index (χ3v) is 6.91. The fourth-order valence-corrected chi connectivity index (χ4v) is 5.25. The van der Waals surface area contributed by atoms with Crippen molar-refractivity contribution in [3.8, 4) is 0 Å². The van der Waals surface area contributed by atoms with E-state index < -0.39 is 5.97 Å². The zero-order chi connectivity index (χ0) is 19.6. The number of thioether (sulfide) groups is 1. The highest BCUT2D eigenvalue weighted by molar-refractivity contribution is 8.01. The second kappa shape index (κ2) is 8.60. The predicted octanol–water partition coefficient (Wildman–Crippen LogP) is 3.59. The van der Waals surface area contributed by atoms with E-state index in [1.807, 2.05) is 30.0 Å². The van der Waals surface area contributed by atoms with Crippen LogP contribution in [-0.4, -0.2) is 45.2 Å². The van der Waals surface area contributed by atoms with Crippen LogP contribution < -0.4 is 5.73 Å². The van der Waals surface area contributed by atoms with E-state index in [4.69, 9.17) is 22.4 Å². The topological polar surface area (TPSA) is 96.5 Å². The summed E-state index contributed by atoms with van der Waals surface area (Å²) in [5.74, 6) is -0.317. The van der Waals surface area contributed by atoms with E-state index in [1.54, 1.807) is 0 Å². The first-order valence-electron chi connectivity index (χ1n) is 8.49. The molecule has 1 saturated heterocycles. The molecule has 2 atom stereocenters. The van der Waals surface area contributed by atoms with Gasteiger partial charge < -0.3 is 15.7 Å². The van der Waals surface area contributed by atoms with Crippen molar-refractivity contribution in [2.24, 2.45) is 5.73 Å². The lowest BCUT2D eigenvalue weighted by atomic mass is 9.97. The number of nitrogens with zero attached hydrogens (tertiary/aromatic N) is 2. The zero-order valence-corrected chi connectivity index (χ0v) is 17.1. The molecule has 0 bridgehead atoms.